The minimum Gasteiger partial charge on any atom is -0.481 e. The first-order valence-electron chi connectivity index (χ1n) is 5.25. The second-order valence-electron chi connectivity index (χ2n) is 3.61. The fourth-order valence-electron chi connectivity index (χ4n) is 1.32. The van der Waals surface area contributed by atoms with Crippen molar-refractivity contribution in [3.63, 3.8) is 0 Å². The molecule has 0 saturated heterocycles. The Labute approximate surface area is 111 Å². The summed E-state index contributed by atoms with van der Waals surface area (Å²) in [5.74, 6) is -0.236. The van der Waals surface area contributed by atoms with Gasteiger partial charge in [-0.05, 0) is 24.0 Å². The van der Waals surface area contributed by atoms with Crippen molar-refractivity contribution in [3.05, 3.63) is 29.8 Å². The van der Waals surface area contributed by atoms with Crippen LogP contribution in [0.25, 0.3) is 0 Å². The number of carboxylic acid groups (broad SMARTS) is 1. The van der Waals surface area contributed by atoms with E-state index in [4.69, 9.17) is 5.11 Å². The fraction of sp³-hybridized carbons (Fsp3) is 0.364. The van der Waals surface area contributed by atoms with Crippen molar-refractivity contribution in [2.45, 2.75) is 11.3 Å². The van der Waals surface area contributed by atoms with Gasteiger partial charge in [-0.25, -0.2) is 13.1 Å². The molecular formula is C11H15NO4S2. The van der Waals surface area contributed by atoms with E-state index in [2.05, 4.69) is 4.72 Å². The Hall–Kier alpha value is -1.05. The van der Waals surface area contributed by atoms with Crippen molar-refractivity contribution in [1.82, 2.24) is 4.72 Å². The van der Waals surface area contributed by atoms with Crippen LogP contribution in [-0.2, 0) is 21.2 Å². The fourth-order valence-corrected chi connectivity index (χ4v) is 2.79. The number of nitrogens with one attached hydrogen (secondary N) is 1. The molecule has 0 aliphatic carbocycles. The van der Waals surface area contributed by atoms with E-state index in [-0.39, 0.29) is 11.3 Å². The van der Waals surface area contributed by atoms with Crippen LogP contribution in [0.5, 0.6) is 0 Å². The Morgan fingerprint density at radius 3 is 2.44 bits per heavy atom. The van der Waals surface area contributed by atoms with E-state index in [0.29, 0.717) is 17.9 Å². The largest absolute Gasteiger partial charge is 0.481 e. The molecule has 0 radical (unpaired) electrons. The van der Waals surface area contributed by atoms with Crippen molar-refractivity contribution in [2.24, 2.45) is 0 Å². The third-order valence-corrected chi connectivity index (χ3v) is 4.28. The standard InChI is InChI=1S/C11H15NO4S2/c1-17-7-6-12-18(15,16)10-4-2-9(3-5-10)8-11(13)14/h2-5,12H,6-8H2,1H3,(H,13,14). The molecule has 0 aliphatic rings. The molecule has 0 aliphatic heterocycles. The van der Waals surface area contributed by atoms with Gasteiger partial charge in [-0.15, -0.1) is 0 Å². The molecule has 1 aromatic rings. The molecule has 0 amide bonds. The Balaban J connectivity index is 2.74. The molecule has 18 heavy (non-hydrogen) atoms. The van der Waals surface area contributed by atoms with Crippen molar-refractivity contribution in [2.75, 3.05) is 18.6 Å². The smallest absolute Gasteiger partial charge is 0.307 e. The first-order chi connectivity index (χ1) is 8.45. The summed E-state index contributed by atoms with van der Waals surface area (Å²) in [6.45, 7) is 0.375. The van der Waals surface area contributed by atoms with Crippen molar-refractivity contribution in [1.29, 1.82) is 0 Å². The number of benzene rings is 1. The van der Waals surface area contributed by atoms with Crippen LogP contribution < -0.4 is 4.72 Å². The molecule has 1 aromatic carbocycles. The molecule has 5 nitrogen and oxygen atoms in total. The van der Waals surface area contributed by atoms with Gasteiger partial charge < -0.3 is 5.11 Å². The lowest BCUT2D eigenvalue weighted by atomic mass is 10.2. The third-order valence-electron chi connectivity index (χ3n) is 2.19. The highest BCUT2D eigenvalue weighted by molar-refractivity contribution is 7.98. The summed E-state index contributed by atoms with van der Waals surface area (Å²) in [5, 5.41) is 8.61. The highest BCUT2D eigenvalue weighted by Crippen LogP contribution is 2.11. The van der Waals surface area contributed by atoms with Crippen LogP contribution in [-0.4, -0.2) is 38.0 Å². The number of hydrogen-bond donors (Lipinski definition) is 2. The second kappa shape index (κ2) is 6.77. The van der Waals surface area contributed by atoms with Crippen molar-refractivity contribution < 1.29 is 18.3 Å². The van der Waals surface area contributed by atoms with Crippen molar-refractivity contribution >= 4 is 27.8 Å². The molecule has 0 aromatic heterocycles. The van der Waals surface area contributed by atoms with Crippen molar-refractivity contribution in [3.8, 4) is 0 Å². The van der Waals surface area contributed by atoms with E-state index in [0.717, 1.165) is 0 Å². The molecule has 0 atom stereocenters. The number of aliphatic carboxylic acids is 1. The highest BCUT2D eigenvalue weighted by Gasteiger charge is 2.13. The zero-order valence-electron chi connectivity index (χ0n) is 9.92. The normalized spacial score (nSPS) is 11.4. The maximum absolute atomic E-state index is 11.8. The molecule has 100 valence electrons. The summed E-state index contributed by atoms with van der Waals surface area (Å²) in [6, 6.07) is 5.86. The Kier molecular flexibility index (Phi) is 5.64. The van der Waals surface area contributed by atoms with E-state index in [1.54, 1.807) is 11.8 Å². The van der Waals surface area contributed by atoms with Gasteiger partial charge >= 0.3 is 5.97 Å². The van der Waals surface area contributed by atoms with E-state index in [1.807, 2.05) is 6.26 Å². The molecule has 0 fully saturated rings. The van der Waals surface area contributed by atoms with Gasteiger partial charge in [0, 0.05) is 12.3 Å². The number of sulfonamides is 1. The molecular weight excluding hydrogens is 274 g/mol. The van der Waals surface area contributed by atoms with Crippen LogP contribution in [0.15, 0.2) is 29.2 Å². The summed E-state index contributed by atoms with van der Waals surface area (Å²) >= 11 is 1.55. The van der Waals surface area contributed by atoms with E-state index in [1.165, 1.54) is 24.3 Å². The zero-order chi connectivity index (χ0) is 13.6. The first kappa shape index (κ1) is 15.0. The lowest BCUT2D eigenvalue weighted by Crippen LogP contribution is -2.25. The number of carbonyl (C=O) groups is 1. The van der Waals surface area contributed by atoms with Gasteiger partial charge in [-0.3, -0.25) is 4.79 Å². The van der Waals surface area contributed by atoms with E-state index >= 15 is 0 Å². The summed E-state index contributed by atoms with van der Waals surface area (Å²) in [6.07, 6.45) is 1.79. The second-order valence-corrected chi connectivity index (χ2v) is 6.36. The van der Waals surface area contributed by atoms with Crippen LogP contribution >= 0.6 is 11.8 Å². The molecule has 2 N–H and O–H groups in total. The Bertz CT molecular complexity index is 496. The SMILES string of the molecule is CSCCNS(=O)(=O)c1ccc(CC(=O)O)cc1. The van der Waals surface area contributed by atoms with Gasteiger partial charge in [-0.2, -0.15) is 11.8 Å². The topological polar surface area (TPSA) is 83.5 Å². The van der Waals surface area contributed by atoms with Gasteiger partial charge in [0.15, 0.2) is 0 Å². The summed E-state index contributed by atoms with van der Waals surface area (Å²) in [7, 11) is -3.49. The quantitative estimate of drug-likeness (QED) is 0.730. The number of rotatable bonds is 7. The van der Waals surface area contributed by atoms with Gasteiger partial charge in [0.25, 0.3) is 0 Å². The lowest BCUT2D eigenvalue weighted by molar-refractivity contribution is -0.136. The maximum atomic E-state index is 11.8. The van der Waals surface area contributed by atoms with Gasteiger partial charge in [0.2, 0.25) is 10.0 Å². The van der Waals surface area contributed by atoms with Crippen LogP contribution in [0.3, 0.4) is 0 Å². The van der Waals surface area contributed by atoms with Gasteiger partial charge in [-0.1, -0.05) is 12.1 Å². The molecule has 0 spiro atoms. The average Bonchev–Trinajstić information content (AvgIpc) is 2.29. The first-order valence-corrected chi connectivity index (χ1v) is 8.13. The Morgan fingerprint density at radius 1 is 1.33 bits per heavy atom. The number of hydrogen-bond acceptors (Lipinski definition) is 4. The number of thioether (sulfide) groups is 1. The van der Waals surface area contributed by atoms with E-state index < -0.39 is 16.0 Å². The Morgan fingerprint density at radius 2 is 1.94 bits per heavy atom. The molecule has 0 heterocycles. The highest BCUT2D eigenvalue weighted by atomic mass is 32.2. The molecule has 7 heteroatoms. The monoisotopic (exact) mass is 289 g/mol. The summed E-state index contributed by atoms with van der Waals surface area (Å²) < 4.78 is 26.1. The molecule has 0 bridgehead atoms. The lowest BCUT2D eigenvalue weighted by Gasteiger charge is -2.06. The minimum atomic E-state index is -3.49. The summed E-state index contributed by atoms with van der Waals surface area (Å²) in [5.41, 5.74) is 0.575. The van der Waals surface area contributed by atoms with Gasteiger partial charge in [0.05, 0.1) is 11.3 Å². The molecule has 0 saturated carbocycles. The van der Waals surface area contributed by atoms with Crippen LogP contribution in [0, 0.1) is 0 Å². The minimum absolute atomic E-state index is 0.111. The maximum Gasteiger partial charge on any atom is 0.307 e. The third kappa shape index (κ3) is 4.67. The summed E-state index contributed by atoms with van der Waals surface area (Å²) in [4.78, 5) is 10.6. The van der Waals surface area contributed by atoms with Crippen LogP contribution in [0.1, 0.15) is 5.56 Å². The van der Waals surface area contributed by atoms with Crippen LogP contribution in [0.4, 0.5) is 0 Å². The average molecular weight is 289 g/mol. The molecule has 0 unspecified atom stereocenters. The van der Waals surface area contributed by atoms with Crippen LogP contribution in [0.2, 0.25) is 0 Å². The predicted octanol–water partition coefficient (Wildman–Crippen LogP) is 0.955. The molecule has 1 rings (SSSR count). The number of carboxylic acids is 1. The van der Waals surface area contributed by atoms with E-state index in [9.17, 15) is 13.2 Å². The zero-order valence-corrected chi connectivity index (χ0v) is 11.6. The predicted molar refractivity (Wildman–Crippen MR) is 71.4 cm³/mol. The van der Waals surface area contributed by atoms with Gasteiger partial charge in [0.1, 0.15) is 0 Å².